The van der Waals surface area contributed by atoms with Gasteiger partial charge in [0.1, 0.15) is 10.7 Å². The van der Waals surface area contributed by atoms with E-state index in [2.05, 4.69) is 0 Å². The molecule has 1 aliphatic rings. The van der Waals surface area contributed by atoms with Crippen LogP contribution in [0.1, 0.15) is 15.9 Å². The van der Waals surface area contributed by atoms with Crippen LogP contribution in [0.25, 0.3) is 16.5 Å². The summed E-state index contributed by atoms with van der Waals surface area (Å²) in [4.78, 5) is 13.2. The minimum absolute atomic E-state index is 0.0940. The number of carbonyl (C=O) groups excluding carboxylic acids is 1. The summed E-state index contributed by atoms with van der Waals surface area (Å²) in [6.07, 6.45) is 0. The first-order valence-corrected chi connectivity index (χ1v) is 8.78. The summed E-state index contributed by atoms with van der Waals surface area (Å²) in [5.74, 6) is -0.636. The number of carbonyl (C=O) groups is 1. The van der Waals surface area contributed by atoms with Crippen molar-refractivity contribution in [2.75, 3.05) is 0 Å². The Morgan fingerprint density at radius 2 is 1.50 bits per heavy atom. The highest BCUT2D eigenvalue weighted by atomic mass is 35.5. The van der Waals surface area contributed by atoms with Gasteiger partial charge in [0.15, 0.2) is 0 Å². The monoisotopic (exact) mass is 354 g/mol. The van der Waals surface area contributed by atoms with E-state index < -0.39 is 16.6 Å². The molecule has 0 saturated heterocycles. The number of aliphatic hydroxyl groups is 1. The van der Waals surface area contributed by atoms with E-state index >= 15 is 0 Å². The molecule has 1 N–H and O–H groups in total. The van der Waals surface area contributed by atoms with Crippen molar-refractivity contribution < 1.29 is 14.1 Å². The zero-order valence-corrected chi connectivity index (χ0v) is 13.9. The molecule has 3 nitrogen and oxygen atoms in total. The van der Waals surface area contributed by atoms with Gasteiger partial charge in [0, 0.05) is 26.4 Å². The minimum Gasteiger partial charge on any atom is -0.506 e. The van der Waals surface area contributed by atoms with Gasteiger partial charge in [-0.1, -0.05) is 48.0 Å². The first-order chi connectivity index (χ1) is 11.6. The van der Waals surface area contributed by atoms with Crippen molar-refractivity contribution in [3.05, 3.63) is 81.7 Å². The van der Waals surface area contributed by atoms with Gasteiger partial charge in [-0.2, -0.15) is 0 Å². The van der Waals surface area contributed by atoms with Crippen LogP contribution in [0, 0.1) is 0 Å². The SMILES string of the molecule is O=C1C([S@@](=O)c2ccc(Cl)cc2)=C(O)c2cccc3cccc1c23. The number of aliphatic hydroxyl groups excluding tert-OH is 1. The zero-order chi connectivity index (χ0) is 16.8. The van der Waals surface area contributed by atoms with Crippen LogP contribution in [0.3, 0.4) is 0 Å². The van der Waals surface area contributed by atoms with Crippen LogP contribution in [0.4, 0.5) is 0 Å². The van der Waals surface area contributed by atoms with Crippen LogP contribution in [0.2, 0.25) is 5.02 Å². The van der Waals surface area contributed by atoms with E-state index in [1.165, 1.54) is 0 Å². The van der Waals surface area contributed by atoms with Crippen molar-refractivity contribution in [3.8, 4) is 0 Å². The molecule has 4 rings (SSSR count). The van der Waals surface area contributed by atoms with Crippen LogP contribution in [-0.2, 0) is 10.8 Å². The Morgan fingerprint density at radius 3 is 2.17 bits per heavy atom. The Kier molecular flexibility index (Phi) is 3.52. The van der Waals surface area contributed by atoms with E-state index in [0.29, 0.717) is 26.4 Å². The molecule has 118 valence electrons. The lowest BCUT2D eigenvalue weighted by Crippen LogP contribution is -2.16. The summed E-state index contributed by atoms with van der Waals surface area (Å²) in [6.45, 7) is 0. The molecule has 0 bridgehead atoms. The maximum absolute atomic E-state index is 12.9. The third kappa shape index (κ3) is 2.19. The summed E-state index contributed by atoms with van der Waals surface area (Å²) < 4.78 is 12.9. The van der Waals surface area contributed by atoms with Crippen molar-refractivity contribution in [1.82, 2.24) is 0 Å². The van der Waals surface area contributed by atoms with Gasteiger partial charge >= 0.3 is 0 Å². The lowest BCUT2D eigenvalue weighted by molar-refractivity contribution is 0.104. The van der Waals surface area contributed by atoms with Crippen LogP contribution < -0.4 is 0 Å². The fourth-order valence-electron chi connectivity index (χ4n) is 2.93. The summed E-state index contributed by atoms with van der Waals surface area (Å²) >= 11 is 5.85. The van der Waals surface area contributed by atoms with Gasteiger partial charge in [-0.25, -0.2) is 4.21 Å². The van der Waals surface area contributed by atoms with E-state index in [1.807, 2.05) is 12.1 Å². The van der Waals surface area contributed by atoms with Gasteiger partial charge < -0.3 is 5.11 Å². The Hall–Kier alpha value is -2.43. The second-order valence-corrected chi connectivity index (χ2v) is 7.29. The highest BCUT2D eigenvalue weighted by Gasteiger charge is 2.31. The molecule has 1 atom stereocenters. The predicted molar refractivity (Wildman–Crippen MR) is 95.7 cm³/mol. The van der Waals surface area contributed by atoms with E-state index in [-0.39, 0.29) is 10.7 Å². The average Bonchev–Trinajstić information content (AvgIpc) is 2.60. The fourth-order valence-corrected chi connectivity index (χ4v) is 4.24. The maximum Gasteiger partial charge on any atom is 0.206 e. The first-order valence-electron chi connectivity index (χ1n) is 7.25. The van der Waals surface area contributed by atoms with Gasteiger partial charge in [0.05, 0.1) is 10.8 Å². The molecule has 0 fully saturated rings. The molecule has 5 heteroatoms. The number of benzene rings is 3. The Balaban J connectivity index is 1.96. The summed E-state index contributed by atoms with van der Waals surface area (Å²) in [7, 11) is -1.79. The molecule has 0 spiro atoms. The molecule has 0 aliphatic heterocycles. The van der Waals surface area contributed by atoms with Crippen molar-refractivity contribution in [2.24, 2.45) is 0 Å². The van der Waals surface area contributed by atoms with Crippen LogP contribution >= 0.6 is 11.6 Å². The number of hydrogen-bond donors (Lipinski definition) is 1. The summed E-state index contributed by atoms with van der Waals surface area (Å²) in [5, 5.41) is 12.7. The van der Waals surface area contributed by atoms with Crippen molar-refractivity contribution in [3.63, 3.8) is 0 Å². The van der Waals surface area contributed by atoms with Crippen molar-refractivity contribution >= 4 is 44.7 Å². The van der Waals surface area contributed by atoms with Crippen LogP contribution in [0.15, 0.2) is 70.5 Å². The molecule has 0 unspecified atom stereocenters. The van der Waals surface area contributed by atoms with Gasteiger partial charge in [0.25, 0.3) is 0 Å². The van der Waals surface area contributed by atoms with Crippen LogP contribution in [0.5, 0.6) is 0 Å². The van der Waals surface area contributed by atoms with E-state index in [0.717, 1.165) is 5.39 Å². The van der Waals surface area contributed by atoms with E-state index in [9.17, 15) is 14.1 Å². The molecule has 0 radical (unpaired) electrons. The topological polar surface area (TPSA) is 54.4 Å². The second-order valence-electron chi connectivity index (χ2n) is 5.44. The molecule has 1 aliphatic carbocycles. The lowest BCUT2D eigenvalue weighted by Gasteiger charge is -2.19. The second kappa shape index (κ2) is 5.58. The van der Waals surface area contributed by atoms with Gasteiger partial charge in [0.2, 0.25) is 5.78 Å². The van der Waals surface area contributed by atoms with Gasteiger partial charge in [-0.3, -0.25) is 4.79 Å². The number of Topliss-reactive ketones (excluding diaryl/α,β-unsaturated/α-hetero) is 1. The summed E-state index contributed by atoms with van der Waals surface area (Å²) in [6, 6.07) is 17.2. The fraction of sp³-hybridized carbons (Fsp3) is 0. The molecule has 0 aromatic heterocycles. The predicted octanol–water partition coefficient (Wildman–Crippen LogP) is 4.72. The van der Waals surface area contributed by atoms with Crippen molar-refractivity contribution in [1.29, 1.82) is 0 Å². The highest BCUT2D eigenvalue weighted by Crippen LogP contribution is 2.37. The third-order valence-electron chi connectivity index (χ3n) is 4.04. The smallest absolute Gasteiger partial charge is 0.206 e. The molecule has 0 amide bonds. The van der Waals surface area contributed by atoms with E-state index in [4.69, 9.17) is 11.6 Å². The zero-order valence-electron chi connectivity index (χ0n) is 12.3. The largest absolute Gasteiger partial charge is 0.506 e. The lowest BCUT2D eigenvalue weighted by atomic mass is 9.91. The number of halogens is 1. The quantitative estimate of drug-likeness (QED) is 0.724. The van der Waals surface area contributed by atoms with Gasteiger partial charge in [-0.15, -0.1) is 0 Å². The summed E-state index contributed by atoms with van der Waals surface area (Å²) in [5.41, 5.74) is 0.984. The number of hydrogen-bond acceptors (Lipinski definition) is 3. The number of allylic oxidation sites excluding steroid dienone is 1. The molecular formula is C19H11ClO3S. The Morgan fingerprint density at radius 1 is 0.875 bits per heavy atom. The molecule has 3 aromatic rings. The minimum atomic E-state index is -1.79. The molecule has 3 aromatic carbocycles. The average molecular weight is 355 g/mol. The molecular weight excluding hydrogens is 344 g/mol. The highest BCUT2D eigenvalue weighted by molar-refractivity contribution is 7.90. The van der Waals surface area contributed by atoms with E-state index in [1.54, 1.807) is 48.5 Å². The van der Waals surface area contributed by atoms with Gasteiger partial charge in [-0.05, 0) is 29.7 Å². The third-order valence-corrected chi connectivity index (χ3v) is 5.74. The Bertz CT molecular complexity index is 1050. The number of rotatable bonds is 2. The molecule has 0 saturated carbocycles. The normalized spacial score (nSPS) is 15.0. The molecule has 0 heterocycles. The first kappa shape index (κ1) is 15.1. The Labute approximate surface area is 145 Å². The van der Waals surface area contributed by atoms with Crippen LogP contribution in [-0.4, -0.2) is 15.1 Å². The maximum atomic E-state index is 12.9. The molecule has 24 heavy (non-hydrogen) atoms. The number of ketones is 1. The van der Waals surface area contributed by atoms with Crippen molar-refractivity contribution in [2.45, 2.75) is 4.90 Å². The standard InChI is InChI=1S/C19H11ClO3S/c20-12-7-9-13(10-8-12)24(23)19-17(21)14-5-1-3-11-4-2-6-15(16(11)14)18(19)22/h1-10,21H/t24-/m0/s1.